The molecule has 1 aromatic heterocycles. The molecule has 0 saturated carbocycles. The smallest absolute Gasteiger partial charge is 0.342 e. The fourth-order valence-corrected chi connectivity index (χ4v) is 3.44. The number of nitrogens with one attached hydrogen (secondary N) is 1. The summed E-state index contributed by atoms with van der Waals surface area (Å²) in [6.45, 7) is 1.94. The van der Waals surface area contributed by atoms with E-state index in [1.165, 1.54) is 12.1 Å². The predicted molar refractivity (Wildman–Crippen MR) is 126 cm³/mol. The minimum absolute atomic E-state index is 0.154. The molecule has 0 aliphatic carbocycles. The molecule has 33 heavy (non-hydrogen) atoms. The number of aromatic nitrogens is 2. The van der Waals surface area contributed by atoms with Crippen LogP contribution >= 0.6 is 0 Å². The first-order valence-corrected chi connectivity index (χ1v) is 10.4. The van der Waals surface area contributed by atoms with Gasteiger partial charge in [0.25, 0.3) is 0 Å². The number of nitrogens with zero attached hydrogens (tertiary/aromatic N) is 2. The van der Waals surface area contributed by atoms with Crippen molar-refractivity contribution >= 4 is 23.4 Å². The van der Waals surface area contributed by atoms with Crippen molar-refractivity contribution in [3.8, 4) is 22.4 Å². The molecule has 0 fully saturated rings. The van der Waals surface area contributed by atoms with Crippen LogP contribution in [-0.4, -0.2) is 33.8 Å². The highest BCUT2D eigenvalue weighted by atomic mass is 16.5. The summed E-state index contributed by atoms with van der Waals surface area (Å²) in [6, 6.07) is 25.1. The number of benzene rings is 3. The maximum Gasteiger partial charge on any atom is 0.342 e. The number of carbonyl (C=O) groups excluding carboxylic acids is 1. The van der Waals surface area contributed by atoms with Gasteiger partial charge in [-0.25, -0.2) is 9.59 Å². The number of hydrogen-bond acceptors (Lipinski definition) is 6. The van der Waals surface area contributed by atoms with E-state index in [9.17, 15) is 9.59 Å². The van der Waals surface area contributed by atoms with Crippen LogP contribution < -0.4 is 5.32 Å². The number of anilines is 2. The van der Waals surface area contributed by atoms with Crippen LogP contribution in [0.4, 0.5) is 11.5 Å². The summed E-state index contributed by atoms with van der Waals surface area (Å²) in [6.07, 6.45) is 0. The van der Waals surface area contributed by atoms with Gasteiger partial charge in [0.1, 0.15) is 11.3 Å². The van der Waals surface area contributed by atoms with Crippen LogP contribution in [0.2, 0.25) is 0 Å². The van der Waals surface area contributed by atoms with Crippen molar-refractivity contribution < 1.29 is 19.4 Å². The Balaban J connectivity index is 1.91. The predicted octanol–water partition coefficient (Wildman–Crippen LogP) is 5.43. The van der Waals surface area contributed by atoms with Crippen molar-refractivity contribution in [2.24, 2.45) is 0 Å². The van der Waals surface area contributed by atoms with Gasteiger partial charge < -0.3 is 15.2 Å². The molecule has 0 aliphatic rings. The summed E-state index contributed by atoms with van der Waals surface area (Å²) in [4.78, 5) is 24.3. The molecule has 2 N–H and O–H groups in total. The topological polar surface area (TPSA) is 101 Å². The molecule has 7 nitrogen and oxygen atoms in total. The molecule has 0 aliphatic heterocycles. The molecule has 1 heterocycles. The molecule has 0 spiro atoms. The molecule has 0 bridgehead atoms. The van der Waals surface area contributed by atoms with Crippen LogP contribution in [0.25, 0.3) is 22.4 Å². The fourth-order valence-electron chi connectivity index (χ4n) is 3.44. The first kappa shape index (κ1) is 21.7. The first-order chi connectivity index (χ1) is 16.1. The fraction of sp³-hybridized carbons (Fsp3) is 0.0769. The third-order valence-corrected chi connectivity index (χ3v) is 4.96. The summed E-state index contributed by atoms with van der Waals surface area (Å²) >= 11 is 0. The zero-order chi connectivity index (χ0) is 23.2. The van der Waals surface area contributed by atoms with E-state index in [1.54, 1.807) is 19.1 Å². The maximum absolute atomic E-state index is 13.2. The van der Waals surface area contributed by atoms with Gasteiger partial charge in [0.2, 0.25) is 0 Å². The number of carbonyl (C=O) groups is 2. The molecule has 4 aromatic rings. The molecular formula is C26H21N3O4. The van der Waals surface area contributed by atoms with Gasteiger partial charge in [-0.15, -0.1) is 10.2 Å². The average molecular weight is 439 g/mol. The van der Waals surface area contributed by atoms with Gasteiger partial charge >= 0.3 is 11.9 Å². The van der Waals surface area contributed by atoms with Gasteiger partial charge in [-0.1, -0.05) is 60.7 Å². The monoisotopic (exact) mass is 439 g/mol. The van der Waals surface area contributed by atoms with Crippen molar-refractivity contribution in [3.05, 3.63) is 96.1 Å². The summed E-state index contributed by atoms with van der Waals surface area (Å²) in [5.41, 5.74) is 3.72. The Bertz CT molecular complexity index is 1270. The molecule has 0 unspecified atom stereocenters. The number of carboxylic acids is 1. The Morgan fingerprint density at radius 3 is 2.03 bits per heavy atom. The van der Waals surface area contributed by atoms with Crippen molar-refractivity contribution in [2.45, 2.75) is 6.92 Å². The van der Waals surface area contributed by atoms with Crippen LogP contribution in [0, 0.1) is 0 Å². The third kappa shape index (κ3) is 4.72. The third-order valence-electron chi connectivity index (χ3n) is 4.96. The quantitative estimate of drug-likeness (QED) is 0.370. The van der Waals surface area contributed by atoms with E-state index in [0.29, 0.717) is 16.9 Å². The molecular weight excluding hydrogens is 418 g/mol. The second-order valence-corrected chi connectivity index (χ2v) is 7.11. The molecule has 4 rings (SSSR count). The van der Waals surface area contributed by atoms with E-state index in [2.05, 4.69) is 15.5 Å². The number of carboxylic acid groups (broad SMARTS) is 1. The van der Waals surface area contributed by atoms with Crippen LogP contribution in [0.1, 0.15) is 27.6 Å². The molecule has 164 valence electrons. The van der Waals surface area contributed by atoms with E-state index in [-0.39, 0.29) is 23.6 Å². The van der Waals surface area contributed by atoms with Crippen LogP contribution in [0.5, 0.6) is 0 Å². The van der Waals surface area contributed by atoms with E-state index in [0.717, 1.165) is 11.1 Å². The Kier molecular flexibility index (Phi) is 6.40. The van der Waals surface area contributed by atoms with Crippen LogP contribution in [0.15, 0.2) is 84.9 Å². The zero-order valence-corrected chi connectivity index (χ0v) is 17.9. The van der Waals surface area contributed by atoms with Crippen molar-refractivity contribution in [1.29, 1.82) is 0 Å². The van der Waals surface area contributed by atoms with E-state index >= 15 is 0 Å². The Morgan fingerprint density at radius 2 is 1.45 bits per heavy atom. The lowest BCUT2D eigenvalue weighted by atomic mass is 9.95. The van der Waals surface area contributed by atoms with E-state index < -0.39 is 11.9 Å². The van der Waals surface area contributed by atoms with E-state index in [1.807, 2.05) is 60.7 Å². The number of hydrogen-bond donors (Lipinski definition) is 2. The molecule has 3 aromatic carbocycles. The van der Waals surface area contributed by atoms with E-state index in [4.69, 9.17) is 9.84 Å². The molecule has 0 amide bonds. The van der Waals surface area contributed by atoms with Gasteiger partial charge in [0.05, 0.1) is 12.2 Å². The Labute approximate surface area is 190 Å². The van der Waals surface area contributed by atoms with Gasteiger partial charge in [0.15, 0.2) is 5.82 Å². The van der Waals surface area contributed by atoms with Crippen molar-refractivity contribution in [2.75, 3.05) is 11.9 Å². The minimum atomic E-state index is -1.02. The van der Waals surface area contributed by atoms with Crippen LogP contribution in [-0.2, 0) is 4.74 Å². The van der Waals surface area contributed by atoms with Crippen LogP contribution in [0.3, 0.4) is 0 Å². The van der Waals surface area contributed by atoms with Gasteiger partial charge in [0, 0.05) is 16.8 Å². The van der Waals surface area contributed by atoms with Crippen molar-refractivity contribution in [1.82, 2.24) is 10.2 Å². The average Bonchev–Trinajstić information content (AvgIpc) is 2.85. The number of rotatable bonds is 7. The summed E-state index contributed by atoms with van der Waals surface area (Å²) in [7, 11) is 0. The van der Waals surface area contributed by atoms with Gasteiger partial charge in [-0.3, -0.25) is 0 Å². The highest BCUT2D eigenvalue weighted by Crippen LogP contribution is 2.37. The normalized spacial score (nSPS) is 10.5. The lowest BCUT2D eigenvalue weighted by Crippen LogP contribution is -2.13. The van der Waals surface area contributed by atoms with Gasteiger partial charge in [-0.2, -0.15) is 0 Å². The molecule has 0 saturated heterocycles. The minimum Gasteiger partial charge on any atom is -0.478 e. The number of esters is 1. The molecule has 7 heteroatoms. The largest absolute Gasteiger partial charge is 0.478 e. The standard InChI is InChI=1S/C26H21N3O4/c1-2-33-26(32)22-21(17-9-5-3-6-10-17)23(18-11-7-4-8-12-18)28-29-24(22)27-20-15-13-19(14-16-20)25(30)31/h3-16H,2H2,1H3,(H,27,29)(H,30,31). The molecule has 0 radical (unpaired) electrons. The van der Waals surface area contributed by atoms with Gasteiger partial charge in [-0.05, 0) is 36.8 Å². The lowest BCUT2D eigenvalue weighted by molar-refractivity contribution is 0.0527. The first-order valence-electron chi connectivity index (χ1n) is 10.4. The highest BCUT2D eigenvalue weighted by molar-refractivity contribution is 6.05. The summed E-state index contributed by atoms with van der Waals surface area (Å²) in [5.74, 6) is -1.34. The Morgan fingerprint density at radius 1 is 0.848 bits per heavy atom. The number of aromatic carboxylic acids is 1. The maximum atomic E-state index is 13.2. The summed E-state index contributed by atoms with van der Waals surface area (Å²) < 4.78 is 5.39. The highest BCUT2D eigenvalue weighted by Gasteiger charge is 2.25. The Hall–Kier alpha value is -4.52. The zero-order valence-electron chi connectivity index (χ0n) is 17.9. The SMILES string of the molecule is CCOC(=O)c1c(Nc2ccc(C(=O)O)cc2)nnc(-c2ccccc2)c1-c1ccccc1. The summed E-state index contributed by atoms with van der Waals surface area (Å²) in [5, 5.41) is 21.0. The molecule has 0 atom stereocenters. The van der Waals surface area contributed by atoms with Crippen molar-refractivity contribution in [3.63, 3.8) is 0 Å². The second-order valence-electron chi connectivity index (χ2n) is 7.11. The lowest BCUT2D eigenvalue weighted by Gasteiger charge is -2.17. The number of ether oxygens (including phenoxy) is 1. The second kappa shape index (κ2) is 9.74.